The van der Waals surface area contributed by atoms with Crippen LogP contribution in [-0.2, 0) is 0 Å². The molecule has 1 aliphatic heterocycles. The summed E-state index contributed by atoms with van der Waals surface area (Å²) in [4.78, 5) is 4.30. The van der Waals surface area contributed by atoms with Crippen molar-refractivity contribution in [1.82, 2.24) is 15.5 Å². The monoisotopic (exact) mass is 241 g/mol. The maximum absolute atomic E-state index is 5.03. The van der Waals surface area contributed by atoms with Gasteiger partial charge in [-0.25, -0.2) is 0 Å². The van der Waals surface area contributed by atoms with Crippen molar-refractivity contribution in [2.45, 2.75) is 45.2 Å². The predicted molar refractivity (Wildman–Crippen MR) is 65.5 cm³/mol. The predicted octanol–water partition coefficient (Wildman–Crippen LogP) is 2.31. The molecule has 2 rings (SSSR count). The van der Waals surface area contributed by atoms with Gasteiger partial charge in [-0.2, -0.15) is 16.7 Å². The highest BCUT2D eigenvalue weighted by molar-refractivity contribution is 7.99. The van der Waals surface area contributed by atoms with E-state index in [0.717, 1.165) is 12.2 Å². The average Bonchev–Trinajstić information content (AvgIpc) is 2.74. The van der Waals surface area contributed by atoms with E-state index >= 15 is 0 Å². The van der Waals surface area contributed by atoms with E-state index in [9.17, 15) is 0 Å². The van der Waals surface area contributed by atoms with Gasteiger partial charge in [0.2, 0.25) is 5.89 Å². The summed E-state index contributed by atoms with van der Waals surface area (Å²) in [6.07, 6.45) is 3.57. The Morgan fingerprint density at radius 2 is 2.50 bits per heavy atom. The van der Waals surface area contributed by atoms with Gasteiger partial charge in [-0.15, -0.1) is 0 Å². The first-order chi connectivity index (χ1) is 7.79. The molecule has 0 aromatic carbocycles. The standard InChI is InChI=1S/C11H19N3OS/c1-3-10(11-12-8(2)15-14-11)13-9-5-4-6-16-7-9/h9-10,13H,3-7H2,1-2H3. The maximum Gasteiger partial charge on any atom is 0.223 e. The molecule has 0 aliphatic carbocycles. The van der Waals surface area contributed by atoms with E-state index in [0.29, 0.717) is 11.9 Å². The molecule has 2 heterocycles. The van der Waals surface area contributed by atoms with Crippen LogP contribution in [0.4, 0.5) is 0 Å². The number of hydrogen-bond donors (Lipinski definition) is 1. The lowest BCUT2D eigenvalue weighted by Crippen LogP contribution is -2.36. The van der Waals surface area contributed by atoms with Gasteiger partial charge in [0.25, 0.3) is 0 Å². The van der Waals surface area contributed by atoms with Crippen LogP contribution in [0.5, 0.6) is 0 Å². The molecule has 90 valence electrons. The fourth-order valence-corrected chi connectivity index (χ4v) is 3.07. The molecule has 2 atom stereocenters. The molecular weight excluding hydrogens is 222 g/mol. The van der Waals surface area contributed by atoms with Crippen LogP contribution in [0.2, 0.25) is 0 Å². The van der Waals surface area contributed by atoms with Crippen LogP contribution in [0.15, 0.2) is 4.52 Å². The van der Waals surface area contributed by atoms with Gasteiger partial charge in [-0.05, 0) is 25.0 Å². The summed E-state index contributed by atoms with van der Waals surface area (Å²) in [5.41, 5.74) is 0. The van der Waals surface area contributed by atoms with E-state index in [4.69, 9.17) is 4.52 Å². The third kappa shape index (κ3) is 2.98. The van der Waals surface area contributed by atoms with Crippen LogP contribution in [-0.4, -0.2) is 27.7 Å². The summed E-state index contributed by atoms with van der Waals surface area (Å²) in [5.74, 6) is 3.95. The van der Waals surface area contributed by atoms with Crippen LogP contribution in [0, 0.1) is 6.92 Å². The lowest BCUT2D eigenvalue weighted by atomic mass is 10.1. The zero-order valence-electron chi connectivity index (χ0n) is 9.90. The molecule has 0 radical (unpaired) electrons. The summed E-state index contributed by atoms with van der Waals surface area (Å²) in [6.45, 7) is 3.99. The number of aromatic nitrogens is 2. The van der Waals surface area contributed by atoms with E-state index in [2.05, 4.69) is 22.4 Å². The van der Waals surface area contributed by atoms with E-state index < -0.39 is 0 Å². The minimum Gasteiger partial charge on any atom is -0.340 e. The van der Waals surface area contributed by atoms with Gasteiger partial charge in [0.1, 0.15) is 0 Å². The molecule has 1 N–H and O–H groups in total. The molecule has 0 saturated carbocycles. The molecule has 0 bridgehead atoms. The Morgan fingerprint density at radius 1 is 1.62 bits per heavy atom. The lowest BCUT2D eigenvalue weighted by molar-refractivity contribution is 0.362. The number of hydrogen-bond acceptors (Lipinski definition) is 5. The van der Waals surface area contributed by atoms with Crippen molar-refractivity contribution >= 4 is 11.8 Å². The zero-order valence-corrected chi connectivity index (χ0v) is 10.7. The van der Waals surface area contributed by atoms with Crippen molar-refractivity contribution in [3.8, 4) is 0 Å². The molecule has 1 saturated heterocycles. The summed E-state index contributed by atoms with van der Waals surface area (Å²) in [6, 6.07) is 0.837. The van der Waals surface area contributed by atoms with Gasteiger partial charge in [-0.1, -0.05) is 12.1 Å². The normalized spacial score (nSPS) is 23.2. The van der Waals surface area contributed by atoms with E-state index in [1.165, 1.54) is 24.3 Å². The van der Waals surface area contributed by atoms with Crippen LogP contribution in [0.25, 0.3) is 0 Å². The van der Waals surface area contributed by atoms with Gasteiger partial charge < -0.3 is 9.84 Å². The first kappa shape index (κ1) is 11.9. The summed E-state index contributed by atoms with van der Waals surface area (Å²) >= 11 is 2.03. The smallest absolute Gasteiger partial charge is 0.223 e. The van der Waals surface area contributed by atoms with Crippen LogP contribution in [0.3, 0.4) is 0 Å². The number of nitrogens with zero attached hydrogens (tertiary/aromatic N) is 2. The molecule has 0 amide bonds. The third-order valence-electron chi connectivity index (χ3n) is 2.86. The van der Waals surface area contributed by atoms with Crippen molar-refractivity contribution in [1.29, 1.82) is 0 Å². The molecular formula is C11H19N3OS. The maximum atomic E-state index is 5.03. The van der Waals surface area contributed by atoms with Crippen molar-refractivity contribution in [3.05, 3.63) is 11.7 Å². The Balaban J connectivity index is 1.94. The van der Waals surface area contributed by atoms with Crippen molar-refractivity contribution in [3.63, 3.8) is 0 Å². The van der Waals surface area contributed by atoms with Crippen LogP contribution < -0.4 is 5.32 Å². The Hall–Kier alpha value is -0.550. The minimum atomic E-state index is 0.237. The van der Waals surface area contributed by atoms with Gasteiger partial charge in [0.05, 0.1) is 6.04 Å². The van der Waals surface area contributed by atoms with Crippen molar-refractivity contribution in [2.75, 3.05) is 11.5 Å². The minimum absolute atomic E-state index is 0.237. The summed E-state index contributed by atoms with van der Waals surface area (Å²) in [5, 5.41) is 7.63. The second-order valence-electron chi connectivity index (χ2n) is 4.21. The molecule has 4 nitrogen and oxygen atoms in total. The van der Waals surface area contributed by atoms with Crippen molar-refractivity contribution in [2.24, 2.45) is 0 Å². The molecule has 2 unspecified atom stereocenters. The Kier molecular flexibility index (Phi) is 4.23. The summed E-state index contributed by atoms with van der Waals surface area (Å²) in [7, 11) is 0. The second-order valence-corrected chi connectivity index (χ2v) is 5.36. The van der Waals surface area contributed by atoms with Crippen LogP contribution >= 0.6 is 11.8 Å². The van der Waals surface area contributed by atoms with Gasteiger partial charge in [0, 0.05) is 18.7 Å². The highest BCUT2D eigenvalue weighted by Crippen LogP contribution is 2.21. The van der Waals surface area contributed by atoms with Gasteiger partial charge in [-0.3, -0.25) is 0 Å². The fraction of sp³-hybridized carbons (Fsp3) is 0.818. The van der Waals surface area contributed by atoms with E-state index in [1.807, 2.05) is 18.7 Å². The summed E-state index contributed by atoms with van der Waals surface area (Å²) < 4.78 is 5.03. The molecule has 0 spiro atoms. The van der Waals surface area contributed by atoms with E-state index in [-0.39, 0.29) is 6.04 Å². The zero-order chi connectivity index (χ0) is 11.4. The molecule has 1 aromatic heterocycles. The Bertz CT molecular complexity index is 323. The quantitative estimate of drug-likeness (QED) is 0.876. The largest absolute Gasteiger partial charge is 0.340 e. The molecule has 1 fully saturated rings. The fourth-order valence-electron chi connectivity index (χ4n) is 1.99. The number of rotatable bonds is 4. The second kappa shape index (κ2) is 5.68. The highest BCUT2D eigenvalue weighted by atomic mass is 32.2. The molecule has 16 heavy (non-hydrogen) atoms. The van der Waals surface area contributed by atoms with Gasteiger partial charge in [0.15, 0.2) is 5.82 Å². The van der Waals surface area contributed by atoms with Gasteiger partial charge >= 0.3 is 0 Å². The van der Waals surface area contributed by atoms with Crippen molar-refractivity contribution < 1.29 is 4.52 Å². The number of thioether (sulfide) groups is 1. The topological polar surface area (TPSA) is 51.0 Å². The highest BCUT2D eigenvalue weighted by Gasteiger charge is 2.21. The average molecular weight is 241 g/mol. The SMILES string of the molecule is CCC(NC1CCCSC1)c1noc(C)n1. The first-order valence-corrected chi connectivity index (χ1v) is 7.09. The molecule has 1 aromatic rings. The molecule has 1 aliphatic rings. The number of nitrogens with one attached hydrogen (secondary N) is 1. The third-order valence-corrected chi connectivity index (χ3v) is 4.08. The Morgan fingerprint density at radius 3 is 3.06 bits per heavy atom. The molecule has 5 heteroatoms. The lowest BCUT2D eigenvalue weighted by Gasteiger charge is -2.26. The first-order valence-electron chi connectivity index (χ1n) is 5.93. The number of aryl methyl sites for hydroxylation is 1. The van der Waals surface area contributed by atoms with E-state index in [1.54, 1.807) is 0 Å². The Labute approximate surface area is 101 Å². The van der Waals surface area contributed by atoms with Crippen LogP contribution in [0.1, 0.15) is 43.9 Å².